The molecule has 10 atom stereocenters. The number of fused-ring (bicyclic) bond motifs is 1. The van der Waals surface area contributed by atoms with Gasteiger partial charge in [0, 0.05) is 41.4 Å². The van der Waals surface area contributed by atoms with Crippen molar-refractivity contribution in [2.24, 2.45) is 17.2 Å². The lowest BCUT2D eigenvalue weighted by atomic mass is 10.0. The maximum atomic E-state index is 14.7. The summed E-state index contributed by atoms with van der Waals surface area (Å²) in [5.41, 5.74) is 20.4. The fourth-order valence-electron chi connectivity index (χ4n) is 7.81. The van der Waals surface area contributed by atoms with E-state index in [-0.39, 0.29) is 43.7 Å². The Kier molecular flexibility index (Phi) is 21.9. The molecule has 0 radical (unpaired) electrons. The third kappa shape index (κ3) is 16.8. The topological polar surface area (TPSA) is 355 Å². The minimum atomic E-state index is -1.71. The number of unbranched alkanes of at least 4 members (excludes halogenated alkanes) is 1. The second kappa shape index (κ2) is 27.9. The highest BCUT2D eigenvalue weighted by Gasteiger charge is 2.37. The number of benzene rings is 3. The Balaban J connectivity index is 1.57. The summed E-state index contributed by atoms with van der Waals surface area (Å²) in [5, 5.41) is 40.3. The average Bonchev–Trinajstić information content (AvgIpc) is 3.76. The van der Waals surface area contributed by atoms with Gasteiger partial charge < -0.3 is 69.6 Å². The summed E-state index contributed by atoms with van der Waals surface area (Å²) in [6.07, 6.45) is -0.557. The van der Waals surface area contributed by atoms with Crippen molar-refractivity contribution in [2.75, 3.05) is 18.1 Å². The molecule has 8 amide bonds. The molecule has 0 bridgehead atoms. The number of carbonyl (C=O) groups excluding carboxylic acids is 8. The van der Waals surface area contributed by atoms with E-state index in [1.165, 1.54) is 13.8 Å². The summed E-state index contributed by atoms with van der Waals surface area (Å²) >= 11 is 0. The van der Waals surface area contributed by atoms with Crippen LogP contribution in [-0.4, -0.2) is 141 Å². The lowest BCUT2D eigenvalue weighted by Crippen LogP contribution is -2.62. The third-order valence-electron chi connectivity index (χ3n) is 11.8. The van der Waals surface area contributed by atoms with Crippen molar-refractivity contribution in [3.63, 3.8) is 0 Å². The maximum Gasteiger partial charge on any atom is 0.245 e. The van der Waals surface area contributed by atoms with Gasteiger partial charge in [-0.1, -0.05) is 100 Å². The Morgan fingerprint density at radius 2 is 1.29 bits per heavy atom. The first-order chi connectivity index (χ1) is 34.4. The number of rotatable bonds is 17. The van der Waals surface area contributed by atoms with Crippen molar-refractivity contribution in [3.05, 3.63) is 108 Å². The summed E-state index contributed by atoms with van der Waals surface area (Å²) in [4.78, 5) is 115. The standard InChI is InChI=1S/C49H65N11O10S2/c1-27(61)40(42(52)63)59-48(69)39-26-72-71-25-38(57-43(64)33(51)21-29-13-5-3-6-14-29)47(68)55-36(22-30-15-7-4-8-16-30)45(66)56-37(23-31-24-53-34-18-10-9-17-32(31)34)46(67)54-35(19-11-12-20-50)44(65)60-41(28(2)62)49(70)58-39/h3-10,13-18,24,27-28,33,35-41,53,61-62H,11-12,19-23,25-26,50-51H2,1-2H3,(H2,52,63)(H,54,67)(H,55,68)(H,56,66)(H,57,64)(H,58,70)(H,59,69)(H,60,65)/t27-,28-,33-,35+,36+,37-,38+,39+,40+,41+/m1/s1. The second-order valence-corrected chi connectivity index (χ2v) is 20.1. The molecule has 0 saturated carbocycles. The van der Waals surface area contributed by atoms with Crippen molar-refractivity contribution in [2.45, 2.75) is 113 Å². The zero-order valence-electron chi connectivity index (χ0n) is 40.0. The van der Waals surface area contributed by atoms with Crippen LogP contribution in [0.4, 0.5) is 0 Å². The van der Waals surface area contributed by atoms with E-state index in [2.05, 4.69) is 42.2 Å². The van der Waals surface area contributed by atoms with Gasteiger partial charge in [0.25, 0.3) is 0 Å². The molecule has 2 heterocycles. The molecule has 72 heavy (non-hydrogen) atoms. The van der Waals surface area contributed by atoms with Gasteiger partial charge in [-0.25, -0.2) is 0 Å². The predicted molar refractivity (Wildman–Crippen MR) is 274 cm³/mol. The quantitative estimate of drug-likeness (QED) is 0.0432. The molecule has 0 aliphatic carbocycles. The zero-order valence-corrected chi connectivity index (χ0v) is 41.6. The molecule has 16 N–H and O–H groups in total. The van der Waals surface area contributed by atoms with Crippen LogP contribution in [-0.2, 0) is 57.6 Å². The van der Waals surface area contributed by atoms with Crippen LogP contribution in [0.2, 0.25) is 0 Å². The van der Waals surface area contributed by atoms with E-state index in [4.69, 9.17) is 17.2 Å². The van der Waals surface area contributed by atoms with E-state index >= 15 is 0 Å². The van der Waals surface area contributed by atoms with E-state index in [1.807, 2.05) is 30.3 Å². The van der Waals surface area contributed by atoms with Crippen LogP contribution in [0.15, 0.2) is 91.1 Å². The molecular weight excluding hydrogens is 967 g/mol. The van der Waals surface area contributed by atoms with Gasteiger partial charge in [0.2, 0.25) is 47.3 Å². The SMILES string of the molecule is C[C@@H](O)[C@H](NC(=O)[C@@H]1CSSC[C@H](NC(=O)[C@H](N)Cc2ccccc2)C(=O)N[C@@H](Cc2ccccc2)C(=O)N[C@H](Cc2c[nH]c3ccccc23)C(=O)N[C@@H](CCCCN)C(=O)N[C@@H]([C@@H](C)O)C(=O)N1)C(N)=O. The van der Waals surface area contributed by atoms with E-state index in [0.717, 1.165) is 38.1 Å². The number of aromatic amines is 1. The molecule has 388 valence electrons. The van der Waals surface area contributed by atoms with Gasteiger partial charge in [-0.05, 0) is 68.8 Å². The van der Waals surface area contributed by atoms with E-state index < -0.39 is 108 Å². The Morgan fingerprint density at radius 1 is 0.708 bits per heavy atom. The first kappa shape index (κ1) is 56.4. The number of H-pyrrole nitrogens is 1. The number of hydrogen-bond donors (Lipinski definition) is 13. The number of primary amides is 1. The minimum Gasteiger partial charge on any atom is -0.391 e. The van der Waals surface area contributed by atoms with E-state index in [9.17, 15) is 48.6 Å². The summed E-state index contributed by atoms with van der Waals surface area (Å²) in [6.45, 7) is 2.70. The molecular formula is C49H65N11O10S2. The second-order valence-electron chi connectivity index (χ2n) is 17.6. The number of nitrogens with two attached hydrogens (primary N) is 3. The highest BCUT2D eigenvalue weighted by atomic mass is 33.1. The summed E-state index contributed by atoms with van der Waals surface area (Å²) in [6, 6.07) is 13.7. The number of para-hydroxylation sites is 1. The number of aliphatic hydroxyl groups is 2. The molecule has 1 aromatic heterocycles. The molecule has 1 aliphatic rings. The molecule has 0 unspecified atom stereocenters. The number of nitrogens with one attached hydrogen (secondary N) is 8. The van der Waals surface area contributed by atoms with Gasteiger partial charge in [0.15, 0.2) is 0 Å². The maximum absolute atomic E-state index is 14.7. The highest BCUT2D eigenvalue weighted by Crippen LogP contribution is 2.24. The van der Waals surface area contributed by atoms with Gasteiger partial charge in [0.1, 0.15) is 42.3 Å². The van der Waals surface area contributed by atoms with Crippen LogP contribution >= 0.6 is 21.6 Å². The normalized spacial score (nSPS) is 22.6. The molecule has 23 heteroatoms. The van der Waals surface area contributed by atoms with Crippen molar-refractivity contribution in [1.29, 1.82) is 0 Å². The fraction of sp³-hybridized carbons (Fsp3) is 0.429. The van der Waals surface area contributed by atoms with Crippen LogP contribution < -0.4 is 54.4 Å². The van der Waals surface area contributed by atoms with Gasteiger partial charge in [-0.15, -0.1) is 0 Å². The van der Waals surface area contributed by atoms with Gasteiger partial charge in [-0.2, -0.15) is 0 Å². The highest BCUT2D eigenvalue weighted by molar-refractivity contribution is 8.76. The predicted octanol–water partition coefficient (Wildman–Crippen LogP) is -1.31. The lowest BCUT2D eigenvalue weighted by Gasteiger charge is -2.29. The molecule has 1 aliphatic heterocycles. The monoisotopic (exact) mass is 1030 g/mol. The van der Waals surface area contributed by atoms with Gasteiger partial charge in [-0.3, -0.25) is 38.4 Å². The number of aliphatic hydroxyl groups excluding tert-OH is 2. The lowest BCUT2D eigenvalue weighted by molar-refractivity contribution is -0.137. The number of carbonyl (C=O) groups is 8. The first-order valence-corrected chi connectivity index (χ1v) is 26.0. The summed E-state index contributed by atoms with van der Waals surface area (Å²) < 4.78 is 0. The largest absolute Gasteiger partial charge is 0.391 e. The first-order valence-electron chi connectivity index (χ1n) is 23.6. The van der Waals surface area contributed by atoms with Crippen LogP contribution in [0, 0.1) is 0 Å². The molecule has 4 aromatic rings. The van der Waals surface area contributed by atoms with Crippen molar-refractivity contribution >= 4 is 79.7 Å². The van der Waals surface area contributed by atoms with Crippen LogP contribution in [0.3, 0.4) is 0 Å². The minimum absolute atomic E-state index is 0.0121. The van der Waals surface area contributed by atoms with Crippen molar-refractivity contribution < 1.29 is 48.6 Å². The number of aromatic nitrogens is 1. The smallest absolute Gasteiger partial charge is 0.245 e. The molecule has 1 fully saturated rings. The van der Waals surface area contributed by atoms with Gasteiger partial charge >= 0.3 is 0 Å². The Bertz CT molecular complexity index is 2480. The van der Waals surface area contributed by atoms with Crippen LogP contribution in [0.1, 0.15) is 49.8 Å². The van der Waals surface area contributed by atoms with Crippen molar-refractivity contribution in [1.82, 2.24) is 42.2 Å². The molecule has 21 nitrogen and oxygen atoms in total. The molecule has 1 saturated heterocycles. The third-order valence-corrected chi connectivity index (χ3v) is 14.3. The van der Waals surface area contributed by atoms with Gasteiger partial charge in [0.05, 0.1) is 18.2 Å². The Hall–Kier alpha value is -6.50. The zero-order chi connectivity index (χ0) is 52.3. The van der Waals surface area contributed by atoms with Crippen LogP contribution in [0.25, 0.3) is 10.9 Å². The molecule has 0 spiro atoms. The van der Waals surface area contributed by atoms with Crippen LogP contribution in [0.5, 0.6) is 0 Å². The van der Waals surface area contributed by atoms with E-state index in [0.29, 0.717) is 24.0 Å². The van der Waals surface area contributed by atoms with E-state index in [1.54, 1.807) is 60.8 Å². The van der Waals surface area contributed by atoms with Crippen molar-refractivity contribution in [3.8, 4) is 0 Å². The fourth-order valence-corrected chi connectivity index (χ4v) is 10.1. The Labute approximate surface area is 424 Å². The number of hydrogen-bond acceptors (Lipinski definition) is 14. The summed E-state index contributed by atoms with van der Waals surface area (Å²) in [7, 11) is 1.96. The number of amides is 8. The average molecular weight is 1030 g/mol. The summed E-state index contributed by atoms with van der Waals surface area (Å²) in [5.74, 6) is -7.51. The Morgan fingerprint density at radius 3 is 1.93 bits per heavy atom. The molecule has 5 rings (SSSR count). The molecule has 3 aromatic carbocycles.